The molecule has 2 atom stereocenters. The summed E-state index contributed by atoms with van der Waals surface area (Å²) in [6.45, 7) is 0.709. The zero-order valence-corrected chi connectivity index (χ0v) is 16.5. The van der Waals surface area contributed by atoms with Crippen LogP contribution in [0, 0.1) is 22.7 Å². The summed E-state index contributed by atoms with van der Waals surface area (Å²) in [5, 5.41) is 19.4. The molecule has 0 fully saturated rings. The Morgan fingerprint density at radius 1 is 1.33 bits per heavy atom. The number of halogens is 1. The first-order chi connectivity index (χ1) is 12.8. The molecule has 0 saturated heterocycles. The van der Waals surface area contributed by atoms with Gasteiger partial charge in [-0.2, -0.15) is 17.0 Å². The molecule has 1 aromatic rings. The molecular formula is C18H20ClN3O4S. The quantitative estimate of drug-likeness (QED) is 0.452. The van der Waals surface area contributed by atoms with Gasteiger partial charge in [0, 0.05) is 16.3 Å². The molecule has 1 rings (SSSR count). The molecule has 1 unspecified atom stereocenters. The number of Topliss-reactive ketones (excluding diaryl/α,β-unsaturated/α-hetero) is 1. The van der Waals surface area contributed by atoms with Crippen LogP contribution in [0.15, 0.2) is 24.3 Å². The van der Waals surface area contributed by atoms with Crippen LogP contribution in [0.4, 0.5) is 0 Å². The van der Waals surface area contributed by atoms with Gasteiger partial charge in [0.15, 0.2) is 12.4 Å². The Morgan fingerprint density at radius 3 is 2.48 bits per heavy atom. The van der Waals surface area contributed by atoms with Gasteiger partial charge < -0.3 is 15.5 Å². The lowest BCUT2D eigenvalue weighted by molar-refractivity contribution is -0.150. The van der Waals surface area contributed by atoms with Crippen LogP contribution in [0.1, 0.15) is 23.7 Å². The molecule has 0 spiro atoms. The van der Waals surface area contributed by atoms with Crippen molar-refractivity contribution in [3.8, 4) is 6.07 Å². The maximum absolute atomic E-state index is 12.3. The summed E-state index contributed by atoms with van der Waals surface area (Å²) in [7, 11) is 0. The SMILES string of the molecule is CSCC[C@@H](NC(=O)c1ccc(Cl)cc1)C(=O)OCC(=O)C(C#N)C(C)=N. The highest BCUT2D eigenvalue weighted by Gasteiger charge is 2.26. The van der Waals surface area contributed by atoms with Crippen molar-refractivity contribution in [2.45, 2.75) is 19.4 Å². The molecule has 144 valence electrons. The first-order valence-electron chi connectivity index (χ1n) is 7.99. The van der Waals surface area contributed by atoms with Gasteiger partial charge in [0.05, 0.1) is 6.07 Å². The Kier molecular flexibility index (Phi) is 9.54. The molecular weight excluding hydrogens is 390 g/mol. The van der Waals surface area contributed by atoms with Gasteiger partial charge in [-0.05, 0) is 49.6 Å². The normalized spacial score (nSPS) is 12.4. The van der Waals surface area contributed by atoms with Crippen LogP contribution in [0.5, 0.6) is 0 Å². The number of nitrogens with zero attached hydrogens (tertiary/aromatic N) is 1. The summed E-state index contributed by atoms with van der Waals surface area (Å²) in [5.74, 6) is -2.56. The van der Waals surface area contributed by atoms with Crippen LogP contribution in [0.3, 0.4) is 0 Å². The van der Waals surface area contributed by atoms with Gasteiger partial charge in [-0.3, -0.25) is 9.59 Å². The van der Waals surface area contributed by atoms with Crippen LogP contribution in [0.25, 0.3) is 0 Å². The zero-order valence-electron chi connectivity index (χ0n) is 15.0. The fourth-order valence-electron chi connectivity index (χ4n) is 2.06. The Hall–Kier alpha value is -2.37. The highest BCUT2D eigenvalue weighted by molar-refractivity contribution is 7.98. The molecule has 9 heteroatoms. The second-order valence-corrected chi connectivity index (χ2v) is 7.06. The van der Waals surface area contributed by atoms with E-state index in [9.17, 15) is 14.4 Å². The molecule has 0 heterocycles. The van der Waals surface area contributed by atoms with E-state index in [2.05, 4.69) is 5.32 Å². The highest BCUT2D eigenvalue weighted by Crippen LogP contribution is 2.11. The average Bonchev–Trinajstić information content (AvgIpc) is 2.63. The third-order valence-corrected chi connectivity index (χ3v) is 4.44. The number of hydrogen-bond acceptors (Lipinski definition) is 7. The lowest BCUT2D eigenvalue weighted by Gasteiger charge is -2.17. The summed E-state index contributed by atoms with van der Waals surface area (Å²) in [6, 6.07) is 6.95. The molecule has 0 aliphatic heterocycles. The van der Waals surface area contributed by atoms with Crippen LogP contribution in [0.2, 0.25) is 5.02 Å². The maximum Gasteiger partial charge on any atom is 0.329 e. The van der Waals surface area contributed by atoms with E-state index < -0.39 is 36.2 Å². The standard InChI is InChI=1S/C18H20ClN3O4S/c1-11(21)14(9-20)16(23)10-26-18(25)15(7-8-27-2)22-17(24)12-3-5-13(19)6-4-12/h3-6,14-15,21H,7-8,10H2,1-2H3,(H,22,24)/t14?,15-/m1/s1. The number of thioether (sulfide) groups is 1. The predicted molar refractivity (Wildman–Crippen MR) is 104 cm³/mol. The topological polar surface area (TPSA) is 120 Å². The lowest BCUT2D eigenvalue weighted by atomic mass is 10.0. The fraction of sp³-hybridized carbons (Fsp3) is 0.389. The van der Waals surface area contributed by atoms with Gasteiger partial charge in [-0.1, -0.05) is 11.6 Å². The molecule has 2 N–H and O–H groups in total. The number of ketones is 1. The molecule has 0 aliphatic carbocycles. The number of esters is 1. The van der Waals surface area contributed by atoms with E-state index in [0.717, 1.165) is 0 Å². The largest absolute Gasteiger partial charge is 0.456 e. The van der Waals surface area contributed by atoms with E-state index in [1.165, 1.54) is 30.8 Å². The van der Waals surface area contributed by atoms with Crippen LogP contribution in [-0.2, 0) is 14.3 Å². The van der Waals surface area contributed by atoms with Crippen molar-refractivity contribution in [3.05, 3.63) is 34.9 Å². The van der Waals surface area contributed by atoms with E-state index in [0.29, 0.717) is 22.8 Å². The Bertz CT molecular complexity index is 746. The van der Waals surface area contributed by atoms with Gasteiger partial charge >= 0.3 is 5.97 Å². The Morgan fingerprint density at radius 2 is 1.96 bits per heavy atom. The highest BCUT2D eigenvalue weighted by atomic mass is 35.5. The third kappa shape index (κ3) is 7.41. The maximum atomic E-state index is 12.3. The number of ether oxygens (including phenoxy) is 1. The fourth-order valence-corrected chi connectivity index (χ4v) is 2.66. The van der Waals surface area contributed by atoms with Crippen LogP contribution >= 0.6 is 23.4 Å². The number of nitrogens with one attached hydrogen (secondary N) is 2. The van der Waals surface area contributed by atoms with Crippen molar-refractivity contribution in [1.29, 1.82) is 10.7 Å². The summed E-state index contributed by atoms with van der Waals surface area (Å²) in [5.41, 5.74) is 0.218. The molecule has 0 aromatic heterocycles. The molecule has 27 heavy (non-hydrogen) atoms. The number of hydrogen-bond donors (Lipinski definition) is 2. The molecule has 1 aromatic carbocycles. The third-order valence-electron chi connectivity index (χ3n) is 3.55. The number of benzene rings is 1. The Labute approximate surface area is 166 Å². The molecule has 1 amide bonds. The van der Waals surface area contributed by atoms with Crippen LogP contribution < -0.4 is 5.32 Å². The summed E-state index contributed by atoms with van der Waals surface area (Å²) >= 11 is 7.29. The second-order valence-electron chi connectivity index (χ2n) is 5.63. The van der Waals surface area contributed by atoms with Crippen molar-refractivity contribution in [3.63, 3.8) is 0 Å². The summed E-state index contributed by atoms with van der Waals surface area (Å²) in [4.78, 5) is 36.5. The van der Waals surface area contributed by atoms with Crippen molar-refractivity contribution < 1.29 is 19.1 Å². The molecule has 0 radical (unpaired) electrons. The first kappa shape index (κ1) is 22.7. The van der Waals surface area contributed by atoms with Gasteiger partial charge in [0.2, 0.25) is 0 Å². The molecule has 0 bridgehead atoms. The number of amides is 1. The zero-order chi connectivity index (χ0) is 20.4. The molecule has 0 aliphatic rings. The predicted octanol–water partition coefficient (Wildman–Crippen LogP) is 2.48. The van der Waals surface area contributed by atoms with E-state index in [1.54, 1.807) is 18.2 Å². The Balaban J connectivity index is 2.74. The van der Waals surface area contributed by atoms with Gasteiger partial charge in [-0.25, -0.2) is 4.79 Å². The second kappa shape index (κ2) is 11.4. The van der Waals surface area contributed by atoms with Crippen molar-refractivity contribution in [2.24, 2.45) is 5.92 Å². The van der Waals surface area contributed by atoms with Crippen LogP contribution in [-0.4, -0.2) is 48.0 Å². The number of rotatable bonds is 10. The minimum atomic E-state index is -1.24. The monoisotopic (exact) mass is 409 g/mol. The van der Waals surface area contributed by atoms with Crippen molar-refractivity contribution in [1.82, 2.24) is 5.32 Å². The van der Waals surface area contributed by atoms with Crippen molar-refractivity contribution in [2.75, 3.05) is 18.6 Å². The average molecular weight is 410 g/mol. The summed E-state index contributed by atoms with van der Waals surface area (Å²) in [6.07, 6.45) is 2.18. The van der Waals surface area contributed by atoms with E-state index in [1.807, 2.05) is 6.26 Å². The minimum absolute atomic E-state index is 0.117. The van der Waals surface area contributed by atoms with Crippen molar-refractivity contribution >= 4 is 46.7 Å². The number of carbonyl (C=O) groups is 3. The minimum Gasteiger partial charge on any atom is -0.456 e. The smallest absolute Gasteiger partial charge is 0.329 e. The summed E-state index contributed by atoms with van der Waals surface area (Å²) < 4.78 is 4.97. The number of nitriles is 1. The van der Waals surface area contributed by atoms with Gasteiger partial charge in [0.25, 0.3) is 5.91 Å². The number of carbonyl (C=O) groups excluding carboxylic acids is 3. The van der Waals surface area contributed by atoms with E-state index >= 15 is 0 Å². The lowest BCUT2D eigenvalue weighted by Crippen LogP contribution is -2.43. The first-order valence-corrected chi connectivity index (χ1v) is 9.76. The van der Waals surface area contributed by atoms with Gasteiger partial charge in [0.1, 0.15) is 12.0 Å². The molecule has 0 saturated carbocycles. The van der Waals surface area contributed by atoms with E-state index in [-0.39, 0.29) is 5.71 Å². The van der Waals surface area contributed by atoms with Gasteiger partial charge in [-0.15, -0.1) is 0 Å². The van der Waals surface area contributed by atoms with E-state index in [4.69, 9.17) is 27.0 Å². The molecule has 7 nitrogen and oxygen atoms in total.